The number of hydrogen-bond donors (Lipinski definition) is 0. The lowest BCUT2D eigenvalue weighted by molar-refractivity contribution is 0.112. The normalized spacial score (nSPS) is 10.5. The highest BCUT2D eigenvalue weighted by Crippen LogP contribution is 2.30. The minimum absolute atomic E-state index is 0.180. The van der Waals surface area contributed by atoms with Gasteiger partial charge in [-0.25, -0.2) is 9.97 Å². The van der Waals surface area contributed by atoms with Crippen molar-refractivity contribution >= 4 is 29.6 Å². The van der Waals surface area contributed by atoms with Crippen LogP contribution in [-0.2, 0) is 7.05 Å². The van der Waals surface area contributed by atoms with Gasteiger partial charge in [0.25, 0.3) is 0 Å². The lowest BCUT2D eigenvalue weighted by Crippen LogP contribution is -1.97. The average Bonchev–Trinajstić information content (AvgIpc) is 2.63. The van der Waals surface area contributed by atoms with Crippen molar-refractivity contribution in [2.75, 3.05) is 0 Å². The van der Waals surface area contributed by atoms with Crippen LogP contribution in [0.2, 0.25) is 5.15 Å². The van der Waals surface area contributed by atoms with Gasteiger partial charge in [0.1, 0.15) is 16.0 Å². The molecule has 2 aromatic heterocycles. The Balaban J connectivity index is 2.41. The molecule has 17 heavy (non-hydrogen) atoms. The number of carbonyl (C=O) groups excluding carboxylic acids is 1. The number of aldehydes is 1. The second kappa shape index (κ2) is 4.85. The molecule has 0 unspecified atom stereocenters. The third kappa shape index (κ3) is 2.65. The smallest absolute Gasteiger partial charge is 0.155 e. The van der Waals surface area contributed by atoms with E-state index in [-0.39, 0.29) is 5.15 Å². The zero-order valence-electron chi connectivity index (χ0n) is 9.22. The van der Waals surface area contributed by atoms with Crippen molar-refractivity contribution in [3.8, 4) is 0 Å². The molecule has 0 spiro atoms. The van der Waals surface area contributed by atoms with Gasteiger partial charge in [-0.05, 0) is 6.92 Å². The molecule has 0 amide bonds. The van der Waals surface area contributed by atoms with Gasteiger partial charge >= 0.3 is 0 Å². The zero-order chi connectivity index (χ0) is 12.4. The van der Waals surface area contributed by atoms with Crippen LogP contribution >= 0.6 is 23.4 Å². The van der Waals surface area contributed by atoms with E-state index in [4.69, 9.17) is 11.6 Å². The summed E-state index contributed by atoms with van der Waals surface area (Å²) in [6, 6.07) is 0. The molecule has 0 bridgehead atoms. The molecule has 0 radical (unpaired) electrons. The summed E-state index contributed by atoms with van der Waals surface area (Å²) >= 11 is 7.23. The lowest BCUT2D eigenvalue weighted by atomic mass is 10.4. The number of aromatic nitrogens is 4. The van der Waals surface area contributed by atoms with E-state index in [1.807, 2.05) is 13.2 Å². The Morgan fingerprint density at radius 1 is 1.47 bits per heavy atom. The summed E-state index contributed by atoms with van der Waals surface area (Å²) in [5.74, 6) is 0.534. The van der Waals surface area contributed by atoms with Crippen LogP contribution in [0.4, 0.5) is 0 Å². The maximum absolute atomic E-state index is 11.0. The number of rotatable bonds is 3. The molecule has 5 nitrogen and oxygen atoms in total. The first-order valence-corrected chi connectivity index (χ1v) is 5.95. The second-order valence-corrected chi connectivity index (χ2v) is 4.77. The van der Waals surface area contributed by atoms with Gasteiger partial charge < -0.3 is 0 Å². The fraction of sp³-hybridized carbons (Fsp3) is 0.200. The van der Waals surface area contributed by atoms with Crippen LogP contribution in [0, 0.1) is 6.92 Å². The quantitative estimate of drug-likeness (QED) is 0.630. The Bertz CT molecular complexity index is 569. The SMILES string of the molecule is Cc1nc(Cl)c(C=O)c(Sc2cnn(C)c2)n1. The van der Waals surface area contributed by atoms with Gasteiger partial charge in [-0.2, -0.15) is 5.10 Å². The summed E-state index contributed by atoms with van der Waals surface area (Å²) < 4.78 is 1.68. The molecule has 0 atom stereocenters. The fourth-order valence-electron chi connectivity index (χ4n) is 1.26. The minimum atomic E-state index is 0.180. The Morgan fingerprint density at radius 2 is 2.24 bits per heavy atom. The Labute approximate surface area is 107 Å². The lowest BCUT2D eigenvalue weighted by Gasteiger charge is -2.04. The maximum Gasteiger partial charge on any atom is 0.155 e. The molecule has 0 aliphatic heterocycles. The first-order valence-electron chi connectivity index (χ1n) is 4.76. The van der Waals surface area contributed by atoms with Gasteiger partial charge in [0.15, 0.2) is 6.29 Å². The van der Waals surface area contributed by atoms with Crippen molar-refractivity contribution in [2.24, 2.45) is 7.05 Å². The molecule has 0 aliphatic carbocycles. The van der Waals surface area contributed by atoms with E-state index in [9.17, 15) is 4.79 Å². The molecule has 0 aromatic carbocycles. The van der Waals surface area contributed by atoms with Crippen molar-refractivity contribution < 1.29 is 4.79 Å². The van der Waals surface area contributed by atoms with Gasteiger partial charge in [-0.3, -0.25) is 9.48 Å². The van der Waals surface area contributed by atoms with Gasteiger partial charge in [0.2, 0.25) is 0 Å². The molecular formula is C10H9ClN4OS. The minimum Gasteiger partial charge on any atom is -0.298 e. The summed E-state index contributed by atoms with van der Waals surface area (Å²) in [5.41, 5.74) is 0.311. The third-order valence-corrected chi connectivity index (χ3v) is 3.23. The average molecular weight is 269 g/mol. The Hall–Kier alpha value is -1.40. The molecule has 0 saturated carbocycles. The van der Waals surface area contributed by atoms with Gasteiger partial charge in [-0.1, -0.05) is 23.4 Å². The van der Waals surface area contributed by atoms with Gasteiger partial charge in [0.05, 0.1) is 16.7 Å². The Morgan fingerprint density at radius 3 is 2.82 bits per heavy atom. The van der Waals surface area contributed by atoms with Crippen LogP contribution in [-0.4, -0.2) is 26.0 Å². The van der Waals surface area contributed by atoms with Gasteiger partial charge in [0, 0.05) is 13.2 Å². The van der Waals surface area contributed by atoms with Crippen molar-refractivity contribution in [3.63, 3.8) is 0 Å². The molecule has 2 heterocycles. The van der Waals surface area contributed by atoms with Crippen LogP contribution in [0.5, 0.6) is 0 Å². The molecule has 2 aromatic rings. The zero-order valence-corrected chi connectivity index (χ0v) is 10.8. The van der Waals surface area contributed by atoms with E-state index < -0.39 is 0 Å². The molecule has 0 aliphatic rings. The topological polar surface area (TPSA) is 60.7 Å². The largest absolute Gasteiger partial charge is 0.298 e. The third-order valence-electron chi connectivity index (χ3n) is 1.99. The highest BCUT2D eigenvalue weighted by Gasteiger charge is 2.13. The van der Waals surface area contributed by atoms with Crippen LogP contribution < -0.4 is 0 Å². The molecule has 0 N–H and O–H groups in total. The number of aryl methyl sites for hydroxylation is 2. The number of hydrogen-bond acceptors (Lipinski definition) is 5. The van der Waals surface area contributed by atoms with Crippen LogP contribution in [0.15, 0.2) is 22.3 Å². The maximum atomic E-state index is 11.0. The van der Waals surface area contributed by atoms with Crippen LogP contribution in [0.25, 0.3) is 0 Å². The summed E-state index contributed by atoms with van der Waals surface area (Å²) in [6.07, 6.45) is 4.20. The molecule has 0 fully saturated rings. The van der Waals surface area contributed by atoms with Gasteiger partial charge in [-0.15, -0.1) is 0 Å². The molecule has 0 saturated heterocycles. The van der Waals surface area contributed by atoms with E-state index in [1.165, 1.54) is 11.8 Å². The predicted molar refractivity (Wildman–Crippen MR) is 64.5 cm³/mol. The monoisotopic (exact) mass is 268 g/mol. The van der Waals surface area contributed by atoms with Crippen molar-refractivity contribution in [1.82, 2.24) is 19.7 Å². The van der Waals surface area contributed by atoms with Crippen molar-refractivity contribution in [2.45, 2.75) is 16.8 Å². The molecular weight excluding hydrogens is 260 g/mol. The van der Waals surface area contributed by atoms with Crippen LogP contribution in [0.1, 0.15) is 16.2 Å². The van der Waals surface area contributed by atoms with E-state index in [1.54, 1.807) is 17.8 Å². The second-order valence-electron chi connectivity index (χ2n) is 3.35. The summed E-state index contributed by atoms with van der Waals surface area (Å²) in [4.78, 5) is 20.0. The molecule has 7 heteroatoms. The number of nitrogens with zero attached hydrogens (tertiary/aromatic N) is 4. The first kappa shape index (κ1) is 12.1. The number of carbonyl (C=O) groups is 1. The van der Waals surface area contributed by atoms with Crippen molar-refractivity contribution in [3.05, 3.63) is 28.9 Å². The van der Waals surface area contributed by atoms with Crippen molar-refractivity contribution in [1.29, 1.82) is 0 Å². The molecule has 88 valence electrons. The predicted octanol–water partition coefficient (Wildman–Crippen LogP) is 2.14. The Kier molecular flexibility index (Phi) is 3.44. The molecule has 2 rings (SSSR count). The fourth-order valence-corrected chi connectivity index (χ4v) is 2.54. The highest BCUT2D eigenvalue weighted by atomic mass is 35.5. The first-order chi connectivity index (χ1) is 8.10. The van der Waals surface area contributed by atoms with E-state index >= 15 is 0 Å². The summed E-state index contributed by atoms with van der Waals surface area (Å²) in [7, 11) is 1.82. The number of halogens is 1. The summed E-state index contributed by atoms with van der Waals surface area (Å²) in [6.45, 7) is 1.73. The standard InChI is InChI=1S/C10H9ClN4OS/c1-6-13-9(11)8(5-16)10(14-6)17-7-3-12-15(2)4-7/h3-5H,1-2H3. The van der Waals surface area contributed by atoms with E-state index in [0.717, 1.165) is 4.90 Å². The highest BCUT2D eigenvalue weighted by molar-refractivity contribution is 7.99. The van der Waals surface area contributed by atoms with Crippen LogP contribution in [0.3, 0.4) is 0 Å². The van der Waals surface area contributed by atoms with E-state index in [0.29, 0.717) is 22.7 Å². The van der Waals surface area contributed by atoms with E-state index in [2.05, 4.69) is 15.1 Å². The summed E-state index contributed by atoms with van der Waals surface area (Å²) in [5, 5.41) is 4.77.